The molecule has 2 amide bonds. The van der Waals surface area contributed by atoms with E-state index in [2.05, 4.69) is 15.7 Å². The van der Waals surface area contributed by atoms with E-state index in [1.54, 1.807) is 54.3 Å². The Kier molecular flexibility index (Phi) is 6.30. The molecule has 1 aromatic heterocycles. The van der Waals surface area contributed by atoms with Gasteiger partial charge in [0.1, 0.15) is 6.04 Å². The lowest BCUT2D eigenvalue weighted by Gasteiger charge is -2.20. The van der Waals surface area contributed by atoms with Crippen LogP contribution in [0.3, 0.4) is 0 Å². The lowest BCUT2D eigenvalue weighted by Crippen LogP contribution is -2.34. The van der Waals surface area contributed by atoms with E-state index in [0.29, 0.717) is 24.0 Å². The fourth-order valence-electron chi connectivity index (χ4n) is 2.16. The largest absolute Gasteiger partial charge is 0.325 e. The fraction of sp³-hybridized carbons (Fsp3) is 0.389. The van der Waals surface area contributed by atoms with Crippen LogP contribution < -0.4 is 10.6 Å². The molecule has 1 atom stereocenters. The first-order valence-electron chi connectivity index (χ1n) is 8.27. The van der Waals surface area contributed by atoms with Crippen molar-refractivity contribution in [2.45, 2.75) is 32.9 Å². The maximum absolute atomic E-state index is 12.3. The Balaban J connectivity index is 1.96. The summed E-state index contributed by atoms with van der Waals surface area (Å²) in [6.07, 6.45) is 3.38. The van der Waals surface area contributed by atoms with Gasteiger partial charge in [0.2, 0.25) is 11.8 Å². The van der Waals surface area contributed by atoms with Crippen LogP contribution in [0, 0.1) is 0 Å². The molecule has 0 saturated carbocycles. The molecule has 134 valence electrons. The number of benzene rings is 1. The number of hydrogen-bond acceptors (Lipinski definition) is 4. The maximum Gasteiger partial charge on any atom is 0.248 e. The van der Waals surface area contributed by atoms with Crippen LogP contribution in [-0.4, -0.2) is 46.1 Å². The van der Waals surface area contributed by atoms with E-state index in [1.165, 1.54) is 0 Å². The zero-order valence-corrected chi connectivity index (χ0v) is 15.1. The average molecular weight is 343 g/mol. The molecule has 1 aromatic carbocycles. The van der Waals surface area contributed by atoms with Crippen LogP contribution in [0.15, 0.2) is 42.7 Å². The third-order valence-electron chi connectivity index (χ3n) is 3.99. The Hall–Kier alpha value is -2.67. The van der Waals surface area contributed by atoms with Crippen LogP contribution in [-0.2, 0) is 9.59 Å². The van der Waals surface area contributed by atoms with Crippen molar-refractivity contribution in [3.8, 4) is 0 Å². The second-order valence-electron chi connectivity index (χ2n) is 6.29. The minimum atomic E-state index is -0.423. The summed E-state index contributed by atoms with van der Waals surface area (Å²) in [5, 5.41) is 9.76. The third kappa shape index (κ3) is 5.42. The zero-order chi connectivity index (χ0) is 18.4. The number of rotatable bonds is 7. The van der Waals surface area contributed by atoms with Crippen molar-refractivity contribution in [3.05, 3.63) is 42.7 Å². The SMILES string of the molecule is CC(C)N(C)CC(=O)Nc1cccc(NC(=O)[C@@H](C)n2cccn2)c1. The monoisotopic (exact) mass is 343 g/mol. The second kappa shape index (κ2) is 8.43. The summed E-state index contributed by atoms with van der Waals surface area (Å²) in [6, 6.07) is 8.74. The van der Waals surface area contributed by atoms with E-state index in [4.69, 9.17) is 0 Å². The van der Waals surface area contributed by atoms with Gasteiger partial charge in [-0.05, 0) is 52.1 Å². The maximum atomic E-state index is 12.3. The molecule has 2 N–H and O–H groups in total. The van der Waals surface area contributed by atoms with Crippen molar-refractivity contribution in [2.24, 2.45) is 0 Å². The van der Waals surface area contributed by atoms with E-state index in [9.17, 15) is 9.59 Å². The summed E-state index contributed by atoms with van der Waals surface area (Å²) in [4.78, 5) is 26.3. The second-order valence-corrected chi connectivity index (χ2v) is 6.29. The highest BCUT2D eigenvalue weighted by Crippen LogP contribution is 2.17. The van der Waals surface area contributed by atoms with Crippen molar-refractivity contribution in [1.82, 2.24) is 14.7 Å². The summed E-state index contributed by atoms with van der Waals surface area (Å²) < 4.78 is 1.59. The summed E-state index contributed by atoms with van der Waals surface area (Å²) in [7, 11) is 1.90. The van der Waals surface area contributed by atoms with Crippen LogP contribution >= 0.6 is 0 Å². The van der Waals surface area contributed by atoms with Crippen LogP contribution in [0.5, 0.6) is 0 Å². The van der Waals surface area contributed by atoms with Crippen molar-refractivity contribution in [3.63, 3.8) is 0 Å². The first-order valence-corrected chi connectivity index (χ1v) is 8.27. The van der Waals surface area contributed by atoms with Crippen molar-refractivity contribution in [1.29, 1.82) is 0 Å². The minimum Gasteiger partial charge on any atom is -0.325 e. The Bertz CT molecular complexity index is 712. The van der Waals surface area contributed by atoms with Gasteiger partial charge < -0.3 is 10.6 Å². The molecule has 0 fully saturated rings. The number of hydrogen-bond donors (Lipinski definition) is 2. The smallest absolute Gasteiger partial charge is 0.248 e. The number of nitrogens with one attached hydrogen (secondary N) is 2. The lowest BCUT2D eigenvalue weighted by molar-refractivity contribution is -0.119. The van der Waals surface area contributed by atoms with Crippen molar-refractivity contribution in [2.75, 3.05) is 24.2 Å². The number of anilines is 2. The van der Waals surface area contributed by atoms with Gasteiger partial charge in [-0.1, -0.05) is 6.07 Å². The van der Waals surface area contributed by atoms with Crippen molar-refractivity contribution >= 4 is 23.2 Å². The highest BCUT2D eigenvalue weighted by Gasteiger charge is 2.15. The van der Waals surface area contributed by atoms with Crippen LogP contribution in [0.25, 0.3) is 0 Å². The predicted octanol–water partition coefficient (Wildman–Crippen LogP) is 2.36. The number of amides is 2. The quantitative estimate of drug-likeness (QED) is 0.809. The van der Waals surface area contributed by atoms with Gasteiger partial charge in [-0.3, -0.25) is 19.2 Å². The minimum absolute atomic E-state index is 0.0930. The molecule has 0 radical (unpaired) electrons. The van der Waals surface area contributed by atoms with Crippen LogP contribution in [0.1, 0.15) is 26.8 Å². The Morgan fingerprint density at radius 3 is 2.44 bits per heavy atom. The van der Waals surface area contributed by atoms with E-state index >= 15 is 0 Å². The normalized spacial score (nSPS) is 12.2. The highest BCUT2D eigenvalue weighted by atomic mass is 16.2. The molecule has 0 spiro atoms. The molecular weight excluding hydrogens is 318 g/mol. The zero-order valence-electron chi connectivity index (χ0n) is 15.1. The number of likely N-dealkylation sites (N-methyl/N-ethyl adjacent to an activating group) is 1. The van der Waals surface area contributed by atoms with E-state index in [-0.39, 0.29) is 11.8 Å². The lowest BCUT2D eigenvalue weighted by atomic mass is 10.2. The van der Waals surface area contributed by atoms with Gasteiger partial charge in [-0.25, -0.2) is 0 Å². The first kappa shape index (κ1) is 18.7. The highest BCUT2D eigenvalue weighted by molar-refractivity contribution is 5.96. The van der Waals surface area contributed by atoms with Gasteiger partial charge in [0.25, 0.3) is 0 Å². The molecule has 0 aliphatic heterocycles. The third-order valence-corrected chi connectivity index (χ3v) is 3.99. The molecule has 0 aliphatic rings. The van der Waals surface area contributed by atoms with E-state index in [0.717, 1.165) is 0 Å². The molecular formula is C18H25N5O2. The molecule has 0 aliphatic carbocycles. The van der Waals surface area contributed by atoms with E-state index in [1.807, 2.05) is 25.8 Å². The van der Waals surface area contributed by atoms with E-state index < -0.39 is 6.04 Å². The van der Waals surface area contributed by atoms with Gasteiger partial charge in [0.05, 0.1) is 6.54 Å². The fourth-order valence-corrected chi connectivity index (χ4v) is 2.16. The molecule has 7 nitrogen and oxygen atoms in total. The predicted molar refractivity (Wildman–Crippen MR) is 98.4 cm³/mol. The average Bonchev–Trinajstić information content (AvgIpc) is 3.08. The first-order chi connectivity index (χ1) is 11.9. The summed E-state index contributed by atoms with van der Waals surface area (Å²) >= 11 is 0. The molecule has 1 heterocycles. The molecule has 25 heavy (non-hydrogen) atoms. The molecule has 2 rings (SSSR count). The summed E-state index contributed by atoms with van der Waals surface area (Å²) in [5.74, 6) is -0.267. The van der Waals surface area contributed by atoms with Crippen LogP contribution in [0.2, 0.25) is 0 Å². The van der Waals surface area contributed by atoms with Gasteiger partial charge in [-0.15, -0.1) is 0 Å². The molecule has 0 bridgehead atoms. The van der Waals surface area contributed by atoms with Crippen molar-refractivity contribution < 1.29 is 9.59 Å². The van der Waals surface area contributed by atoms with Gasteiger partial charge >= 0.3 is 0 Å². The number of carbonyl (C=O) groups is 2. The number of carbonyl (C=O) groups excluding carboxylic acids is 2. The number of aromatic nitrogens is 2. The van der Waals surface area contributed by atoms with Gasteiger partial charge in [0, 0.05) is 29.8 Å². The Morgan fingerprint density at radius 1 is 1.16 bits per heavy atom. The number of nitrogens with zero attached hydrogens (tertiary/aromatic N) is 3. The molecule has 0 saturated heterocycles. The molecule has 7 heteroatoms. The molecule has 0 unspecified atom stereocenters. The van der Waals surface area contributed by atoms with Gasteiger partial charge in [-0.2, -0.15) is 5.10 Å². The summed E-state index contributed by atoms with van der Waals surface area (Å²) in [5.41, 5.74) is 1.27. The Morgan fingerprint density at radius 2 is 1.84 bits per heavy atom. The topological polar surface area (TPSA) is 79.3 Å². The van der Waals surface area contributed by atoms with Gasteiger partial charge in [0.15, 0.2) is 0 Å². The summed E-state index contributed by atoms with van der Waals surface area (Å²) in [6.45, 7) is 6.15. The standard InChI is InChI=1S/C18H25N5O2/c1-13(2)22(4)12-17(24)20-15-7-5-8-16(11-15)21-18(25)14(3)23-10-6-9-19-23/h5-11,13-14H,12H2,1-4H3,(H,20,24)(H,21,25)/t14-/m1/s1. The molecule has 2 aromatic rings. The Labute approximate surface area is 148 Å². The van der Waals surface area contributed by atoms with Crippen LogP contribution in [0.4, 0.5) is 11.4 Å².